The third kappa shape index (κ3) is 3.61. The maximum Gasteiger partial charge on any atom is 0.338 e. The van der Waals surface area contributed by atoms with E-state index in [0.717, 1.165) is 5.56 Å². The van der Waals surface area contributed by atoms with Crippen molar-refractivity contribution in [1.29, 1.82) is 0 Å². The number of carbonyl (C=O) groups is 1. The monoisotopic (exact) mass is 392 g/mol. The predicted molar refractivity (Wildman–Crippen MR) is 94.8 cm³/mol. The van der Waals surface area contributed by atoms with Gasteiger partial charge < -0.3 is 28.4 Å². The first-order valence-electron chi connectivity index (χ1n) is 8.32. The normalized spacial score (nSPS) is 14.7. The minimum Gasteiger partial charge on any atom is -0.493 e. The molecule has 0 bridgehead atoms. The van der Waals surface area contributed by atoms with Crippen LogP contribution >= 0.6 is 11.6 Å². The Hall–Kier alpha value is -2.64. The van der Waals surface area contributed by atoms with E-state index in [0.29, 0.717) is 59.0 Å². The van der Waals surface area contributed by atoms with Crippen LogP contribution in [0.5, 0.6) is 23.0 Å². The lowest BCUT2D eigenvalue weighted by Gasteiger charge is -2.22. The highest BCUT2D eigenvalue weighted by molar-refractivity contribution is 6.30. The summed E-state index contributed by atoms with van der Waals surface area (Å²) < 4.78 is 32.6. The Labute approximate surface area is 160 Å². The molecule has 27 heavy (non-hydrogen) atoms. The largest absolute Gasteiger partial charge is 0.493 e. The number of hydrogen-bond donors (Lipinski definition) is 0. The summed E-state index contributed by atoms with van der Waals surface area (Å²) >= 11 is 6.13. The molecule has 0 saturated carbocycles. The fourth-order valence-corrected chi connectivity index (χ4v) is 3.24. The summed E-state index contributed by atoms with van der Waals surface area (Å²) in [7, 11) is 1.50. The lowest BCUT2D eigenvalue weighted by Crippen LogP contribution is -2.17. The maximum absolute atomic E-state index is 12.6. The Kier molecular flexibility index (Phi) is 4.96. The molecule has 0 radical (unpaired) electrons. The molecular formula is C19H17ClO7. The molecule has 142 valence electrons. The molecule has 0 N–H and O–H groups in total. The molecule has 0 aliphatic carbocycles. The molecule has 0 aromatic heterocycles. The van der Waals surface area contributed by atoms with Crippen molar-refractivity contribution in [1.82, 2.24) is 0 Å². The minimum absolute atomic E-state index is 0.0124. The number of carbonyl (C=O) groups excluding carboxylic acids is 1. The van der Waals surface area contributed by atoms with Gasteiger partial charge in [-0.05, 0) is 24.3 Å². The third-order valence-electron chi connectivity index (χ3n) is 4.17. The van der Waals surface area contributed by atoms with Gasteiger partial charge in [-0.1, -0.05) is 11.6 Å². The van der Waals surface area contributed by atoms with Crippen molar-refractivity contribution in [2.45, 2.75) is 13.2 Å². The molecule has 7 nitrogen and oxygen atoms in total. The average Bonchev–Trinajstić information content (AvgIpc) is 2.70. The van der Waals surface area contributed by atoms with Crippen LogP contribution in [0.25, 0.3) is 0 Å². The standard InChI is InChI=1S/C19H17ClO7/c1-22-15-6-11(7-16-18(15)25-3-2-24-16)19(21)26-9-13-5-14(20)4-12-8-23-10-27-17(12)13/h4-7H,2-3,8-10H2,1H3. The van der Waals surface area contributed by atoms with E-state index in [4.69, 9.17) is 40.0 Å². The molecule has 2 aliphatic rings. The molecule has 0 atom stereocenters. The molecule has 8 heteroatoms. The van der Waals surface area contributed by atoms with E-state index in [2.05, 4.69) is 0 Å². The van der Waals surface area contributed by atoms with Crippen LogP contribution in [0.4, 0.5) is 0 Å². The van der Waals surface area contributed by atoms with E-state index in [1.807, 2.05) is 0 Å². The summed E-state index contributed by atoms with van der Waals surface area (Å²) in [5.41, 5.74) is 1.80. The summed E-state index contributed by atoms with van der Waals surface area (Å²) in [5.74, 6) is 1.47. The Bertz CT molecular complexity index is 864. The summed E-state index contributed by atoms with van der Waals surface area (Å²) in [6, 6.07) is 6.63. The van der Waals surface area contributed by atoms with Crippen molar-refractivity contribution in [3.63, 3.8) is 0 Å². The number of rotatable bonds is 4. The van der Waals surface area contributed by atoms with Crippen molar-refractivity contribution in [3.8, 4) is 23.0 Å². The molecule has 0 unspecified atom stereocenters. The second kappa shape index (κ2) is 7.54. The number of fused-ring (bicyclic) bond motifs is 2. The van der Waals surface area contributed by atoms with Crippen LogP contribution in [0.3, 0.4) is 0 Å². The zero-order valence-electron chi connectivity index (χ0n) is 14.6. The van der Waals surface area contributed by atoms with Crippen LogP contribution in [0.1, 0.15) is 21.5 Å². The highest BCUT2D eigenvalue weighted by atomic mass is 35.5. The fourth-order valence-electron chi connectivity index (χ4n) is 2.98. The van der Waals surface area contributed by atoms with Crippen molar-refractivity contribution in [2.75, 3.05) is 27.1 Å². The third-order valence-corrected chi connectivity index (χ3v) is 4.39. The predicted octanol–water partition coefficient (Wildman–Crippen LogP) is 3.34. The zero-order valence-corrected chi connectivity index (χ0v) is 15.3. The molecule has 4 rings (SSSR count). The van der Waals surface area contributed by atoms with Gasteiger partial charge in [0.25, 0.3) is 0 Å². The summed E-state index contributed by atoms with van der Waals surface area (Å²) in [6.07, 6.45) is 0. The van der Waals surface area contributed by atoms with Gasteiger partial charge in [0.2, 0.25) is 5.75 Å². The second-order valence-electron chi connectivity index (χ2n) is 5.94. The highest BCUT2D eigenvalue weighted by Crippen LogP contribution is 2.40. The quantitative estimate of drug-likeness (QED) is 0.739. The van der Waals surface area contributed by atoms with E-state index >= 15 is 0 Å². The van der Waals surface area contributed by atoms with Gasteiger partial charge in [0, 0.05) is 16.1 Å². The van der Waals surface area contributed by atoms with Crippen LogP contribution in [-0.4, -0.2) is 33.1 Å². The van der Waals surface area contributed by atoms with Crippen LogP contribution in [-0.2, 0) is 22.7 Å². The van der Waals surface area contributed by atoms with Gasteiger partial charge in [-0.15, -0.1) is 0 Å². The molecule has 2 aromatic rings. The average molecular weight is 393 g/mol. The van der Waals surface area contributed by atoms with Gasteiger partial charge in [-0.25, -0.2) is 4.79 Å². The van der Waals surface area contributed by atoms with Gasteiger partial charge in [0.05, 0.1) is 19.3 Å². The number of halogens is 1. The van der Waals surface area contributed by atoms with E-state index in [-0.39, 0.29) is 13.4 Å². The fraction of sp³-hybridized carbons (Fsp3) is 0.316. The Morgan fingerprint density at radius 1 is 1.11 bits per heavy atom. The molecule has 0 spiro atoms. The van der Waals surface area contributed by atoms with Gasteiger partial charge in [-0.2, -0.15) is 0 Å². The number of methoxy groups -OCH3 is 1. The van der Waals surface area contributed by atoms with E-state index in [1.165, 1.54) is 7.11 Å². The molecular weight excluding hydrogens is 376 g/mol. The SMILES string of the molecule is COc1cc(C(=O)OCc2cc(Cl)cc3c2OCOC3)cc2c1OCCO2. The van der Waals surface area contributed by atoms with Crippen LogP contribution in [0, 0.1) is 0 Å². The molecule has 0 saturated heterocycles. The number of hydrogen-bond acceptors (Lipinski definition) is 7. The van der Waals surface area contributed by atoms with Crippen LogP contribution in [0.2, 0.25) is 5.02 Å². The summed E-state index contributed by atoms with van der Waals surface area (Å²) in [5, 5.41) is 0.523. The number of benzene rings is 2. The molecule has 2 aromatic carbocycles. The topological polar surface area (TPSA) is 72.5 Å². The van der Waals surface area contributed by atoms with Gasteiger partial charge in [0.15, 0.2) is 18.3 Å². The molecule has 0 amide bonds. The molecule has 2 aliphatic heterocycles. The lowest BCUT2D eigenvalue weighted by atomic mass is 10.1. The smallest absolute Gasteiger partial charge is 0.338 e. The zero-order chi connectivity index (χ0) is 18.8. The van der Waals surface area contributed by atoms with Gasteiger partial charge in [-0.3, -0.25) is 0 Å². The van der Waals surface area contributed by atoms with Crippen molar-refractivity contribution in [2.24, 2.45) is 0 Å². The van der Waals surface area contributed by atoms with Gasteiger partial charge in [0.1, 0.15) is 25.6 Å². The number of esters is 1. The van der Waals surface area contributed by atoms with Gasteiger partial charge >= 0.3 is 5.97 Å². The van der Waals surface area contributed by atoms with Crippen molar-refractivity contribution in [3.05, 3.63) is 46.0 Å². The number of ether oxygens (including phenoxy) is 6. The maximum atomic E-state index is 12.6. The first-order chi connectivity index (χ1) is 13.2. The highest BCUT2D eigenvalue weighted by Gasteiger charge is 2.22. The van der Waals surface area contributed by atoms with Crippen molar-refractivity contribution < 1.29 is 33.2 Å². The van der Waals surface area contributed by atoms with Crippen molar-refractivity contribution >= 4 is 17.6 Å². The summed E-state index contributed by atoms with van der Waals surface area (Å²) in [4.78, 5) is 12.6. The summed E-state index contributed by atoms with van der Waals surface area (Å²) in [6.45, 7) is 1.39. The molecule has 0 fully saturated rings. The Morgan fingerprint density at radius 2 is 1.96 bits per heavy atom. The lowest BCUT2D eigenvalue weighted by molar-refractivity contribution is -0.0180. The Morgan fingerprint density at radius 3 is 2.81 bits per heavy atom. The first-order valence-corrected chi connectivity index (χ1v) is 8.70. The first kappa shape index (κ1) is 17.8. The van der Waals surface area contributed by atoms with E-state index < -0.39 is 5.97 Å². The van der Waals surface area contributed by atoms with E-state index in [1.54, 1.807) is 24.3 Å². The minimum atomic E-state index is -0.522. The van der Waals surface area contributed by atoms with E-state index in [9.17, 15) is 4.79 Å². The Balaban J connectivity index is 1.54. The van der Waals surface area contributed by atoms with Crippen LogP contribution in [0.15, 0.2) is 24.3 Å². The molecule has 2 heterocycles. The van der Waals surface area contributed by atoms with Crippen LogP contribution < -0.4 is 18.9 Å². The second-order valence-corrected chi connectivity index (χ2v) is 6.38.